The van der Waals surface area contributed by atoms with Crippen molar-refractivity contribution in [2.75, 3.05) is 5.75 Å². The van der Waals surface area contributed by atoms with Crippen LogP contribution in [0.25, 0.3) is 0 Å². The monoisotopic (exact) mass is 217 g/mol. The first-order chi connectivity index (χ1) is 6.42. The molecule has 0 spiro atoms. The SMILES string of the molecule is O=C([O-])CS(=O)(=O)c1ccc(F)cc1. The Kier molecular flexibility index (Phi) is 2.85. The van der Waals surface area contributed by atoms with Gasteiger partial charge in [-0.1, -0.05) is 0 Å². The number of aliphatic carboxylic acids is 1. The minimum atomic E-state index is -3.90. The summed E-state index contributed by atoms with van der Waals surface area (Å²) in [5.74, 6) is -3.37. The zero-order valence-electron chi connectivity index (χ0n) is 6.94. The molecule has 0 radical (unpaired) electrons. The molecule has 0 N–H and O–H groups in total. The van der Waals surface area contributed by atoms with Crippen LogP contribution in [0, 0.1) is 5.82 Å². The fourth-order valence-electron chi connectivity index (χ4n) is 0.880. The highest BCUT2D eigenvalue weighted by Crippen LogP contribution is 2.11. The molecule has 0 saturated carbocycles. The summed E-state index contributed by atoms with van der Waals surface area (Å²) in [4.78, 5) is 9.86. The lowest BCUT2D eigenvalue weighted by molar-refractivity contribution is -0.301. The van der Waals surface area contributed by atoms with Gasteiger partial charge >= 0.3 is 0 Å². The van der Waals surface area contributed by atoms with Gasteiger partial charge in [0.25, 0.3) is 0 Å². The zero-order chi connectivity index (χ0) is 10.8. The number of hydrogen-bond donors (Lipinski definition) is 0. The van der Waals surface area contributed by atoms with E-state index in [1.165, 1.54) is 0 Å². The summed E-state index contributed by atoms with van der Waals surface area (Å²) in [6.45, 7) is 0. The van der Waals surface area contributed by atoms with Gasteiger partial charge in [0.1, 0.15) is 5.82 Å². The molecule has 0 bridgehead atoms. The molecule has 0 atom stereocenters. The van der Waals surface area contributed by atoms with Crippen molar-refractivity contribution in [3.05, 3.63) is 30.1 Å². The van der Waals surface area contributed by atoms with Crippen LogP contribution in [-0.2, 0) is 14.6 Å². The molecule has 4 nitrogen and oxygen atoms in total. The predicted molar refractivity (Wildman–Crippen MR) is 43.5 cm³/mol. The Labute approximate surface area is 79.9 Å². The lowest BCUT2D eigenvalue weighted by Gasteiger charge is -2.04. The predicted octanol–water partition coefficient (Wildman–Crippen LogP) is -0.651. The fraction of sp³-hybridized carbons (Fsp3) is 0.125. The van der Waals surface area contributed by atoms with E-state index in [1.807, 2.05) is 0 Å². The van der Waals surface area contributed by atoms with Crippen molar-refractivity contribution in [2.24, 2.45) is 0 Å². The molecule has 1 aromatic rings. The van der Waals surface area contributed by atoms with E-state index in [1.54, 1.807) is 0 Å². The molecule has 6 heteroatoms. The van der Waals surface area contributed by atoms with E-state index in [9.17, 15) is 22.7 Å². The van der Waals surface area contributed by atoms with Gasteiger partial charge in [0.05, 0.1) is 16.6 Å². The van der Waals surface area contributed by atoms with Gasteiger partial charge in [0, 0.05) is 0 Å². The summed E-state index contributed by atoms with van der Waals surface area (Å²) in [6.07, 6.45) is 0. The molecular weight excluding hydrogens is 211 g/mol. The highest BCUT2D eigenvalue weighted by atomic mass is 32.2. The number of carboxylic acid groups (broad SMARTS) is 1. The minimum Gasteiger partial charge on any atom is -0.549 e. The number of carbonyl (C=O) groups excluding carboxylic acids is 1. The molecule has 1 rings (SSSR count). The van der Waals surface area contributed by atoms with Crippen molar-refractivity contribution in [1.82, 2.24) is 0 Å². The first-order valence-electron chi connectivity index (χ1n) is 3.60. The third-order valence-corrected chi connectivity index (χ3v) is 3.09. The fourth-order valence-corrected chi connectivity index (χ4v) is 1.91. The Bertz CT molecular complexity index is 435. The maximum Gasteiger partial charge on any atom is 0.183 e. The van der Waals surface area contributed by atoms with Crippen LogP contribution < -0.4 is 5.11 Å². The molecule has 0 saturated heterocycles. The number of sulfone groups is 1. The molecule has 76 valence electrons. The number of hydrogen-bond acceptors (Lipinski definition) is 4. The van der Waals surface area contributed by atoms with Crippen LogP contribution in [-0.4, -0.2) is 20.1 Å². The lowest BCUT2D eigenvalue weighted by Crippen LogP contribution is -2.30. The number of benzene rings is 1. The van der Waals surface area contributed by atoms with Crippen molar-refractivity contribution in [1.29, 1.82) is 0 Å². The van der Waals surface area contributed by atoms with Gasteiger partial charge in [-0.3, -0.25) is 0 Å². The number of carboxylic acids is 1. The standard InChI is InChI=1S/C8H7FO4S/c9-6-1-3-7(4-2-6)14(12,13)5-8(10)11/h1-4H,5H2,(H,10,11)/p-1. The Morgan fingerprint density at radius 2 is 1.79 bits per heavy atom. The van der Waals surface area contributed by atoms with E-state index in [2.05, 4.69) is 0 Å². The summed E-state index contributed by atoms with van der Waals surface area (Å²) in [5.41, 5.74) is 0. The molecule has 0 aliphatic carbocycles. The summed E-state index contributed by atoms with van der Waals surface area (Å²) in [7, 11) is -3.90. The van der Waals surface area contributed by atoms with E-state index >= 15 is 0 Å². The average molecular weight is 217 g/mol. The highest BCUT2D eigenvalue weighted by Gasteiger charge is 2.14. The van der Waals surface area contributed by atoms with E-state index in [4.69, 9.17) is 0 Å². The van der Waals surface area contributed by atoms with Gasteiger partial charge in [-0.15, -0.1) is 0 Å². The van der Waals surface area contributed by atoms with Gasteiger partial charge in [0.15, 0.2) is 9.84 Å². The van der Waals surface area contributed by atoms with Crippen molar-refractivity contribution < 1.29 is 22.7 Å². The normalized spacial score (nSPS) is 11.2. The van der Waals surface area contributed by atoms with Crippen LogP contribution >= 0.6 is 0 Å². The van der Waals surface area contributed by atoms with Gasteiger partial charge < -0.3 is 9.90 Å². The molecular formula is C8H6FO4S-. The summed E-state index contributed by atoms with van der Waals surface area (Å²) in [6, 6.07) is 3.91. The Balaban J connectivity index is 3.05. The van der Waals surface area contributed by atoms with Crippen molar-refractivity contribution in [3.63, 3.8) is 0 Å². The van der Waals surface area contributed by atoms with Gasteiger partial charge in [0.2, 0.25) is 0 Å². The van der Waals surface area contributed by atoms with E-state index < -0.39 is 27.4 Å². The molecule has 0 fully saturated rings. The van der Waals surface area contributed by atoms with Gasteiger partial charge in [-0.25, -0.2) is 12.8 Å². The van der Waals surface area contributed by atoms with Crippen LogP contribution in [0.2, 0.25) is 0 Å². The molecule has 0 amide bonds. The van der Waals surface area contributed by atoms with Crippen LogP contribution in [0.3, 0.4) is 0 Å². The summed E-state index contributed by atoms with van der Waals surface area (Å²) in [5, 5.41) is 10.1. The lowest BCUT2D eigenvalue weighted by atomic mass is 10.4. The van der Waals surface area contributed by atoms with Gasteiger partial charge in [-0.05, 0) is 24.3 Å². The van der Waals surface area contributed by atoms with Crippen molar-refractivity contribution in [2.45, 2.75) is 4.90 Å². The van der Waals surface area contributed by atoms with E-state index in [-0.39, 0.29) is 4.90 Å². The van der Waals surface area contributed by atoms with E-state index in [0.29, 0.717) is 0 Å². The smallest absolute Gasteiger partial charge is 0.183 e. The zero-order valence-corrected chi connectivity index (χ0v) is 7.75. The Morgan fingerprint density at radius 3 is 2.21 bits per heavy atom. The first-order valence-corrected chi connectivity index (χ1v) is 5.25. The topological polar surface area (TPSA) is 74.3 Å². The Hall–Kier alpha value is -1.43. The number of rotatable bonds is 3. The second kappa shape index (κ2) is 3.75. The van der Waals surface area contributed by atoms with Crippen molar-refractivity contribution in [3.8, 4) is 0 Å². The molecule has 0 unspecified atom stereocenters. The van der Waals surface area contributed by atoms with Crippen molar-refractivity contribution >= 4 is 15.8 Å². The first kappa shape index (κ1) is 10.6. The second-order valence-corrected chi connectivity index (χ2v) is 4.57. The largest absolute Gasteiger partial charge is 0.549 e. The third kappa shape index (κ3) is 2.53. The molecule has 0 aliphatic heterocycles. The second-order valence-electron chi connectivity index (χ2n) is 2.59. The van der Waals surface area contributed by atoms with Crippen LogP contribution in [0.4, 0.5) is 4.39 Å². The van der Waals surface area contributed by atoms with Crippen LogP contribution in [0.15, 0.2) is 29.2 Å². The minimum absolute atomic E-state index is 0.233. The number of carbonyl (C=O) groups is 1. The molecule has 1 aromatic carbocycles. The molecule has 0 heterocycles. The van der Waals surface area contributed by atoms with Crippen LogP contribution in [0.5, 0.6) is 0 Å². The average Bonchev–Trinajstić information content (AvgIpc) is 2.02. The third-order valence-electron chi connectivity index (χ3n) is 1.48. The molecule has 0 aliphatic rings. The summed E-state index contributed by atoms with van der Waals surface area (Å²) < 4.78 is 34.8. The number of halogens is 1. The maximum atomic E-state index is 12.4. The molecule has 14 heavy (non-hydrogen) atoms. The van der Waals surface area contributed by atoms with E-state index in [0.717, 1.165) is 24.3 Å². The molecule has 0 aromatic heterocycles. The quantitative estimate of drug-likeness (QED) is 0.630. The highest BCUT2D eigenvalue weighted by molar-refractivity contribution is 7.92. The summed E-state index contributed by atoms with van der Waals surface area (Å²) >= 11 is 0. The Morgan fingerprint density at radius 1 is 1.29 bits per heavy atom. The van der Waals surface area contributed by atoms with Gasteiger partial charge in [-0.2, -0.15) is 0 Å². The maximum absolute atomic E-state index is 12.4. The van der Waals surface area contributed by atoms with Crippen LogP contribution in [0.1, 0.15) is 0 Å².